The van der Waals surface area contributed by atoms with Crippen LogP contribution in [0.2, 0.25) is 0 Å². The number of nitrogens with one attached hydrogen (secondary N) is 2. The number of aromatic nitrogens is 2. The van der Waals surface area contributed by atoms with E-state index in [0.717, 1.165) is 18.1 Å². The molecule has 2 heterocycles. The van der Waals surface area contributed by atoms with Crippen molar-refractivity contribution in [3.8, 4) is 11.3 Å². The molecular formula is C16H25N3. The zero-order valence-electron chi connectivity index (χ0n) is 12.9. The van der Waals surface area contributed by atoms with Crippen LogP contribution in [0.25, 0.3) is 11.3 Å². The quantitative estimate of drug-likeness (QED) is 0.721. The third kappa shape index (κ3) is 3.16. The van der Waals surface area contributed by atoms with Crippen LogP contribution >= 0.6 is 0 Å². The summed E-state index contributed by atoms with van der Waals surface area (Å²) in [5.41, 5.74) is 5.95. The molecule has 3 rings (SSSR count). The second kappa shape index (κ2) is 6.98. The summed E-state index contributed by atoms with van der Waals surface area (Å²) in [6, 6.07) is 6.43. The number of benzene rings is 1. The predicted octanol–water partition coefficient (Wildman–Crippen LogP) is 4.67. The van der Waals surface area contributed by atoms with E-state index in [2.05, 4.69) is 40.4 Å². The molecule has 0 radical (unpaired) electrons. The van der Waals surface area contributed by atoms with Crippen molar-refractivity contribution in [1.82, 2.24) is 9.97 Å². The van der Waals surface area contributed by atoms with Crippen LogP contribution in [-0.4, -0.2) is 9.97 Å². The van der Waals surface area contributed by atoms with Crippen LogP contribution in [0.1, 0.15) is 44.8 Å². The van der Waals surface area contributed by atoms with Gasteiger partial charge in [0.15, 0.2) is 0 Å². The molecule has 3 heteroatoms. The molecule has 0 aliphatic carbocycles. The van der Waals surface area contributed by atoms with E-state index in [0.29, 0.717) is 0 Å². The van der Waals surface area contributed by atoms with Crippen LogP contribution in [0.5, 0.6) is 0 Å². The van der Waals surface area contributed by atoms with Gasteiger partial charge in [0, 0.05) is 11.3 Å². The Morgan fingerprint density at radius 3 is 2.42 bits per heavy atom. The molecule has 1 aromatic heterocycles. The average molecular weight is 259 g/mol. The summed E-state index contributed by atoms with van der Waals surface area (Å²) in [5.74, 6) is 0.982. The van der Waals surface area contributed by atoms with Gasteiger partial charge in [-0.15, -0.1) is 0 Å². The highest BCUT2D eigenvalue weighted by Crippen LogP contribution is 2.34. The summed E-state index contributed by atoms with van der Waals surface area (Å²) >= 11 is 0. The first-order valence-electron chi connectivity index (χ1n) is 7.14. The fourth-order valence-corrected chi connectivity index (χ4v) is 2.09. The fraction of sp³-hybridized carbons (Fsp3) is 0.438. The van der Waals surface area contributed by atoms with E-state index >= 15 is 0 Å². The minimum atomic E-state index is 0.840. The fourth-order valence-electron chi connectivity index (χ4n) is 2.09. The molecule has 2 N–H and O–H groups in total. The molecule has 0 fully saturated rings. The lowest BCUT2D eigenvalue weighted by Crippen LogP contribution is -2.08. The van der Waals surface area contributed by atoms with Crippen molar-refractivity contribution in [3.05, 3.63) is 35.3 Å². The van der Waals surface area contributed by atoms with Gasteiger partial charge in [0.1, 0.15) is 5.82 Å². The van der Waals surface area contributed by atoms with Gasteiger partial charge >= 0.3 is 0 Å². The number of aromatic amines is 1. The van der Waals surface area contributed by atoms with Crippen LogP contribution in [0.4, 0.5) is 5.69 Å². The number of hydrogen-bond acceptors (Lipinski definition) is 2. The number of rotatable bonds is 0. The van der Waals surface area contributed by atoms with Crippen LogP contribution < -0.4 is 5.32 Å². The Labute approximate surface area is 116 Å². The lowest BCUT2D eigenvalue weighted by molar-refractivity contribution is 1.04. The van der Waals surface area contributed by atoms with Gasteiger partial charge in [0.05, 0.1) is 17.9 Å². The summed E-state index contributed by atoms with van der Waals surface area (Å²) in [6.07, 6.45) is 0. The van der Waals surface area contributed by atoms with Gasteiger partial charge in [-0.05, 0) is 25.5 Å². The highest BCUT2D eigenvalue weighted by molar-refractivity contribution is 5.80. The Balaban J connectivity index is 0.000000415. The third-order valence-corrected chi connectivity index (χ3v) is 2.78. The first-order chi connectivity index (χ1) is 9.24. The summed E-state index contributed by atoms with van der Waals surface area (Å²) < 4.78 is 0. The lowest BCUT2D eigenvalue weighted by atomic mass is 10.0. The first-order valence-corrected chi connectivity index (χ1v) is 7.14. The Hall–Kier alpha value is -1.77. The largest absolute Gasteiger partial charge is 0.379 e. The van der Waals surface area contributed by atoms with E-state index in [4.69, 9.17) is 0 Å². The van der Waals surface area contributed by atoms with E-state index in [1.807, 2.05) is 34.6 Å². The molecule has 104 valence electrons. The molecule has 0 atom stereocenters. The lowest BCUT2D eigenvalue weighted by Gasteiger charge is -2.17. The Bertz CT molecular complexity index is 527. The van der Waals surface area contributed by atoms with Crippen molar-refractivity contribution in [2.75, 3.05) is 5.32 Å². The maximum atomic E-state index is 4.53. The number of aryl methyl sites for hydroxylation is 2. The smallest absolute Gasteiger partial charge is 0.103 e. The zero-order chi connectivity index (χ0) is 14.4. The van der Waals surface area contributed by atoms with Crippen molar-refractivity contribution < 1.29 is 0 Å². The minimum Gasteiger partial charge on any atom is -0.379 e. The van der Waals surface area contributed by atoms with Gasteiger partial charge in [-0.3, -0.25) is 0 Å². The maximum Gasteiger partial charge on any atom is 0.103 e. The van der Waals surface area contributed by atoms with Crippen LogP contribution in [0, 0.1) is 13.8 Å². The molecule has 0 unspecified atom stereocenters. The number of H-pyrrole nitrogens is 1. The number of fused-ring (bicyclic) bond motifs is 3. The van der Waals surface area contributed by atoms with Gasteiger partial charge in [0.25, 0.3) is 0 Å². The second-order valence-corrected chi connectivity index (χ2v) is 4.05. The molecule has 1 aliphatic rings. The summed E-state index contributed by atoms with van der Waals surface area (Å²) in [4.78, 5) is 7.81. The van der Waals surface area contributed by atoms with Gasteiger partial charge in [-0.2, -0.15) is 0 Å². The van der Waals surface area contributed by atoms with E-state index < -0.39 is 0 Å². The monoisotopic (exact) mass is 259 g/mol. The summed E-state index contributed by atoms with van der Waals surface area (Å²) in [5, 5.41) is 3.40. The molecule has 0 amide bonds. The predicted molar refractivity (Wildman–Crippen MR) is 83.5 cm³/mol. The highest BCUT2D eigenvalue weighted by Gasteiger charge is 2.18. The zero-order valence-corrected chi connectivity index (χ0v) is 12.9. The topological polar surface area (TPSA) is 40.7 Å². The van der Waals surface area contributed by atoms with Crippen molar-refractivity contribution in [1.29, 1.82) is 0 Å². The first kappa shape index (κ1) is 15.3. The molecule has 1 aromatic carbocycles. The van der Waals surface area contributed by atoms with Crippen LogP contribution in [0.15, 0.2) is 18.2 Å². The van der Waals surface area contributed by atoms with Crippen LogP contribution in [0.3, 0.4) is 0 Å². The van der Waals surface area contributed by atoms with Gasteiger partial charge in [-0.1, -0.05) is 39.8 Å². The minimum absolute atomic E-state index is 0.840. The standard InChI is InChI=1S/C12H13N3.2C2H6/c1-7-3-4-9-10(5-7)13-6-11-12(9)15-8(2)14-11;2*1-2/h3-5,13H,6H2,1-2H3,(H,14,15);2*1-2H3. The Kier molecular flexibility index (Phi) is 5.61. The van der Waals surface area contributed by atoms with Crippen LogP contribution in [-0.2, 0) is 6.54 Å². The maximum absolute atomic E-state index is 4.53. The molecule has 0 saturated carbocycles. The van der Waals surface area contributed by atoms with Gasteiger partial charge in [0.2, 0.25) is 0 Å². The molecule has 0 bridgehead atoms. The second-order valence-electron chi connectivity index (χ2n) is 4.05. The van der Waals surface area contributed by atoms with Gasteiger partial charge < -0.3 is 10.3 Å². The summed E-state index contributed by atoms with van der Waals surface area (Å²) in [6.45, 7) is 12.9. The van der Waals surface area contributed by atoms with Gasteiger partial charge in [-0.25, -0.2) is 4.98 Å². The molecule has 0 saturated heterocycles. The molecule has 2 aromatic rings. The van der Waals surface area contributed by atoms with E-state index in [-0.39, 0.29) is 0 Å². The van der Waals surface area contributed by atoms with Crippen molar-refractivity contribution >= 4 is 5.69 Å². The third-order valence-electron chi connectivity index (χ3n) is 2.78. The number of anilines is 1. The normalized spacial score (nSPS) is 10.8. The van der Waals surface area contributed by atoms with Crippen molar-refractivity contribution in [2.45, 2.75) is 48.1 Å². The molecule has 1 aliphatic heterocycles. The van der Waals surface area contributed by atoms with E-state index in [1.54, 1.807) is 0 Å². The molecule has 3 nitrogen and oxygen atoms in total. The van der Waals surface area contributed by atoms with E-state index in [9.17, 15) is 0 Å². The average Bonchev–Trinajstić information content (AvgIpc) is 2.83. The Morgan fingerprint density at radius 1 is 1.05 bits per heavy atom. The van der Waals surface area contributed by atoms with Crippen molar-refractivity contribution in [3.63, 3.8) is 0 Å². The number of imidazole rings is 1. The Morgan fingerprint density at radius 2 is 1.74 bits per heavy atom. The highest BCUT2D eigenvalue weighted by atomic mass is 15.0. The number of hydrogen-bond donors (Lipinski definition) is 2. The molecule has 19 heavy (non-hydrogen) atoms. The molecular weight excluding hydrogens is 234 g/mol. The molecule has 0 spiro atoms. The van der Waals surface area contributed by atoms with E-state index in [1.165, 1.54) is 22.5 Å². The SMILES string of the molecule is CC.CC.Cc1ccc2c(c1)NCc1[nH]c(C)nc1-2. The van der Waals surface area contributed by atoms with Crippen molar-refractivity contribution in [2.24, 2.45) is 0 Å². The number of nitrogens with zero attached hydrogens (tertiary/aromatic N) is 1. The summed E-state index contributed by atoms with van der Waals surface area (Å²) in [7, 11) is 0.